The topological polar surface area (TPSA) is 59.3 Å². The molecule has 156 valence electrons. The number of benzene rings is 3. The van der Waals surface area contributed by atoms with Crippen molar-refractivity contribution in [1.82, 2.24) is 0 Å². The van der Waals surface area contributed by atoms with Crippen molar-refractivity contribution >= 4 is 22.6 Å². The van der Waals surface area contributed by atoms with Gasteiger partial charge in [-0.3, -0.25) is 9.59 Å². The molecule has 0 aliphatic heterocycles. The second-order valence-electron chi connectivity index (χ2n) is 7.93. The fourth-order valence-electron chi connectivity index (χ4n) is 3.92. The molecule has 0 spiro atoms. The molecule has 3 aromatic carbocycles. The van der Waals surface area contributed by atoms with Gasteiger partial charge in [0.15, 0.2) is 5.43 Å². The molecule has 4 nitrogen and oxygen atoms in total. The van der Waals surface area contributed by atoms with Gasteiger partial charge in [0.25, 0.3) is 5.91 Å². The van der Waals surface area contributed by atoms with Crippen molar-refractivity contribution in [1.29, 1.82) is 0 Å². The van der Waals surface area contributed by atoms with Gasteiger partial charge in [0.1, 0.15) is 11.3 Å². The summed E-state index contributed by atoms with van der Waals surface area (Å²) in [7, 11) is 0. The lowest BCUT2D eigenvalue weighted by Crippen LogP contribution is -2.14. The van der Waals surface area contributed by atoms with Crippen molar-refractivity contribution in [3.8, 4) is 11.3 Å². The van der Waals surface area contributed by atoms with Gasteiger partial charge in [0, 0.05) is 22.9 Å². The summed E-state index contributed by atoms with van der Waals surface area (Å²) in [5.74, 6) is 0.324. The highest BCUT2D eigenvalue weighted by Crippen LogP contribution is 2.26. The number of fused-ring (bicyclic) bond motifs is 1. The van der Waals surface area contributed by atoms with Crippen LogP contribution in [0.5, 0.6) is 0 Å². The summed E-state index contributed by atoms with van der Waals surface area (Å²) in [6.45, 7) is 7.96. The monoisotopic (exact) mass is 411 g/mol. The molecular weight excluding hydrogens is 386 g/mol. The van der Waals surface area contributed by atoms with Crippen molar-refractivity contribution < 1.29 is 9.21 Å². The van der Waals surface area contributed by atoms with Crippen LogP contribution in [-0.2, 0) is 6.42 Å². The summed E-state index contributed by atoms with van der Waals surface area (Å²) in [5.41, 5.74) is 6.78. The first-order valence-electron chi connectivity index (χ1n) is 10.4. The Morgan fingerprint density at radius 1 is 0.935 bits per heavy atom. The van der Waals surface area contributed by atoms with Crippen LogP contribution in [0.15, 0.2) is 69.9 Å². The molecule has 0 fully saturated rings. The van der Waals surface area contributed by atoms with E-state index in [1.807, 2.05) is 51.1 Å². The zero-order chi connectivity index (χ0) is 22.1. The molecule has 0 unspecified atom stereocenters. The second-order valence-corrected chi connectivity index (χ2v) is 7.93. The predicted octanol–water partition coefficient (Wildman–Crippen LogP) is 6.20. The molecule has 0 saturated carbocycles. The third kappa shape index (κ3) is 4.02. The van der Waals surface area contributed by atoms with Gasteiger partial charge in [-0.15, -0.1) is 0 Å². The standard InChI is InChI=1S/C27H25NO3/c1-5-19-8-6-7-17(3)25(19)28-27(30)21-11-9-20(10-12-21)24-15-23(29)22-14-16(2)13-18(4)26(22)31-24/h6-15H,5H2,1-4H3,(H,28,30). The van der Waals surface area contributed by atoms with Crippen LogP contribution in [0, 0.1) is 20.8 Å². The summed E-state index contributed by atoms with van der Waals surface area (Å²) in [6.07, 6.45) is 0.843. The number of hydrogen-bond acceptors (Lipinski definition) is 3. The number of carbonyl (C=O) groups excluding carboxylic acids is 1. The Bertz CT molecular complexity index is 1350. The lowest BCUT2D eigenvalue weighted by molar-refractivity contribution is 0.102. The Balaban J connectivity index is 1.65. The van der Waals surface area contributed by atoms with Crippen molar-refractivity contribution in [2.45, 2.75) is 34.1 Å². The maximum absolute atomic E-state index is 12.8. The third-order valence-corrected chi connectivity index (χ3v) is 5.57. The molecule has 4 heteroatoms. The first-order valence-corrected chi connectivity index (χ1v) is 10.4. The maximum atomic E-state index is 12.8. The average Bonchev–Trinajstić information content (AvgIpc) is 2.75. The zero-order valence-corrected chi connectivity index (χ0v) is 18.2. The summed E-state index contributed by atoms with van der Waals surface area (Å²) in [5, 5.41) is 3.62. The molecule has 0 radical (unpaired) electrons. The lowest BCUT2D eigenvalue weighted by atomic mass is 10.0. The van der Waals surface area contributed by atoms with Gasteiger partial charge >= 0.3 is 0 Å². The van der Waals surface area contributed by atoms with Crippen LogP contribution in [0.2, 0.25) is 0 Å². The largest absolute Gasteiger partial charge is 0.456 e. The molecular formula is C27H25NO3. The molecule has 1 heterocycles. The van der Waals surface area contributed by atoms with E-state index in [1.165, 1.54) is 6.07 Å². The first kappa shape index (κ1) is 20.6. The van der Waals surface area contributed by atoms with E-state index in [1.54, 1.807) is 24.3 Å². The highest BCUT2D eigenvalue weighted by Gasteiger charge is 2.13. The van der Waals surface area contributed by atoms with Crippen LogP contribution in [-0.4, -0.2) is 5.91 Å². The second kappa shape index (κ2) is 8.23. The number of anilines is 1. The van der Waals surface area contributed by atoms with Crippen LogP contribution in [0.3, 0.4) is 0 Å². The number of rotatable bonds is 4. The summed E-state index contributed by atoms with van der Waals surface area (Å²) < 4.78 is 6.06. The zero-order valence-electron chi connectivity index (χ0n) is 18.2. The fraction of sp³-hybridized carbons (Fsp3) is 0.185. The fourth-order valence-corrected chi connectivity index (χ4v) is 3.92. The van der Waals surface area contributed by atoms with Crippen molar-refractivity contribution in [3.63, 3.8) is 0 Å². The van der Waals surface area contributed by atoms with Crippen LogP contribution in [0.4, 0.5) is 5.69 Å². The average molecular weight is 412 g/mol. The van der Waals surface area contributed by atoms with Crippen molar-refractivity contribution in [3.05, 3.63) is 98.7 Å². The Morgan fingerprint density at radius 2 is 1.68 bits per heavy atom. The molecule has 0 aliphatic rings. The predicted molar refractivity (Wildman–Crippen MR) is 126 cm³/mol. The summed E-state index contributed by atoms with van der Waals surface area (Å²) in [4.78, 5) is 25.4. The van der Waals surface area contributed by atoms with Gasteiger partial charge in [-0.05, 0) is 67.6 Å². The number of aryl methyl sites for hydroxylation is 4. The van der Waals surface area contributed by atoms with Crippen LogP contribution in [0.1, 0.15) is 39.5 Å². The Kier molecular flexibility index (Phi) is 5.47. The van der Waals surface area contributed by atoms with E-state index < -0.39 is 0 Å². The molecule has 4 aromatic rings. The highest BCUT2D eigenvalue weighted by molar-refractivity contribution is 6.05. The van der Waals surface area contributed by atoms with Gasteiger partial charge in [-0.25, -0.2) is 0 Å². The number of nitrogens with one attached hydrogen (secondary N) is 1. The molecule has 4 rings (SSSR count). The van der Waals surface area contributed by atoms with Crippen molar-refractivity contribution in [2.24, 2.45) is 0 Å². The van der Waals surface area contributed by atoms with Gasteiger partial charge < -0.3 is 9.73 Å². The van der Waals surface area contributed by atoms with E-state index in [2.05, 4.69) is 12.2 Å². The molecule has 31 heavy (non-hydrogen) atoms. The molecule has 0 atom stereocenters. The van der Waals surface area contributed by atoms with Gasteiger partial charge in [0.2, 0.25) is 0 Å². The molecule has 1 amide bonds. The Hall–Kier alpha value is -3.66. The van der Waals surface area contributed by atoms with E-state index in [0.29, 0.717) is 22.3 Å². The van der Waals surface area contributed by atoms with E-state index in [0.717, 1.165) is 39.9 Å². The SMILES string of the molecule is CCc1cccc(C)c1NC(=O)c1ccc(-c2cc(=O)c3cc(C)cc(C)c3o2)cc1. The quantitative estimate of drug-likeness (QED) is 0.435. The van der Waals surface area contributed by atoms with Gasteiger partial charge in [0.05, 0.1) is 5.39 Å². The number of carbonyl (C=O) groups is 1. The highest BCUT2D eigenvalue weighted by atomic mass is 16.3. The molecule has 0 bridgehead atoms. The maximum Gasteiger partial charge on any atom is 0.255 e. The van der Waals surface area contributed by atoms with E-state index in [9.17, 15) is 9.59 Å². The minimum atomic E-state index is -0.165. The normalized spacial score (nSPS) is 11.0. The number of para-hydroxylation sites is 1. The smallest absolute Gasteiger partial charge is 0.255 e. The summed E-state index contributed by atoms with van der Waals surface area (Å²) >= 11 is 0. The lowest BCUT2D eigenvalue weighted by Gasteiger charge is -2.13. The third-order valence-electron chi connectivity index (χ3n) is 5.57. The van der Waals surface area contributed by atoms with E-state index in [-0.39, 0.29) is 11.3 Å². The van der Waals surface area contributed by atoms with Crippen LogP contribution in [0.25, 0.3) is 22.3 Å². The number of amides is 1. The van der Waals surface area contributed by atoms with Crippen LogP contribution < -0.4 is 10.7 Å². The molecule has 0 aliphatic carbocycles. The summed E-state index contributed by atoms with van der Waals surface area (Å²) in [6, 6.07) is 18.5. The van der Waals surface area contributed by atoms with Gasteiger partial charge in [-0.2, -0.15) is 0 Å². The van der Waals surface area contributed by atoms with E-state index in [4.69, 9.17) is 4.42 Å². The minimum absolute atomic E-state index is 0.0727. The number of hydrogen-bond donors (Lipinski definition) is 1. The van der Waals surface area contributed by atoms with Crippen molar-refractivity contribution in [2.75, 3.05) is 5.32 Å². The minimum Gasteiger partial charge on any atom is -0.456 e. The molecule has 0 saturated heterocycles. The first-order chi connectivity index (χ1) is 14.9. The molecule has 1 aromatic heterocycles. The van der Waals surface area contributed by atoms with Gasteiger partial charge in [-0.1, -0.05) is 43.3 Å². The Morgan fingerprint density at radius 3 is 2.39 bits per heavy atom. The van der Waals surface area contributed by atoms with Crippen LogP contribution >= 0.6 is 0 Å². The Labute approximate surface area is 181 Å². The van der Waals surface area contributed by atoms with E-state index >= 15 is 0 Å². The molecule has 1 N–H and O–H groups in total.